The van der Waals surface area contributed by atoms with Crippen LogP contribution in [0.2, 0.25) is 0 Å². The number of hydrogen-bond donors (Lipinski definition) is 1. The number of pyridine rings is 1. The zero-order valence-corrected chi connectivity index (χ0v) is 18.0. The number of carbonyl (C=O) groups is 1. The second-order valence-electron chi connectivity index (χ2n) is 7.77. The number of rotatable bonds is 5. The van der Waals surface area contributed by atoms with Crippen LogP contribution in [-0.2, 0) is 13.6 Å². The van der Waals surface area contributed by atoms with Crippen LogP contribution in [0, 0.1) is 20.8 Å². The number of carbonyl (C=O) groups excluding carboxylic acids is 1. The van der Waals surface area contributed by atoms with Crippen LogP contribution >= 0.6 is 0 Å². The van der Waals surface area contributed by atoms with Crippen LogP contribution in [0.25, 0.3) is 10.9 Å². The molecule has 3 heterocycles. The van der Waals surface area contributed by atoms with Crippen molar-refractivity contribution in [2.75, 3.05) is 0 Å². The number of para-hydroxylation sites is 1. The van der Waals surface area contributed by atoms with E-state index in [0.717, 1.165) is 39.2 Å². The number of fused-ring (bicyclic) bond motifs is 1. The first kappa shape index (κ1) is 19.8. The fourth-order valence-electron chi connectivity index (χ4n) is 3.78. The van der Waals surface area contributed by atoms with E-state index in [1.165, 1.54) is 0 Å². The Hall–Kier alpha value is -3.48. The van der Waals surface area contributed by atoms with Gasteiger partial charge in [0, 0.05) is 29.4 Å². The van der Waals surface area contributed by atoms with E-state index in [4.69, 9.17) is 4.98 Å². The Bertz CT molecular complexity index is 1240. The van der Waals surface area contributed by atoms with Gasteiger partial charge in [0.2, 0.25) is 0 Å². The minimum atomic E-state index is -0.155. The Morgan fingerprint density at radius 1 is 1.17 bits per heavy atom. The Morgan fingerprint density at radius 2 is 1.93 bits per heavy atom. The van der Waals surface area contributed by atoms with Crippen molar-refractivity contribution in [3.63, 3.8) is 0 Å². The number of benzene rings is 1. The number of amides is 1. The predicted molar refractivity (Wildman–Crippen MR) is 116 cm³/mol. The molecule has 1 unspecified atom stereocenters. The highest BCUT2D eigenvalue weighted by Crippen LogP contribution is 2.22. The second kappa shape index (κ2) is 7.74. The van der Waals surface area contributed by atoms with Gasteiger partial charge in [-0.2, -0.15) is 10.2 Å². The van der Waals surface area contributed by atoms with Gasteiger partial charge in [-0.25, -0.2) is 0 Å². The lowest BCUT2D eigenvalue weighted by atomic mass is 10.0. The number of hydrogen-bond acceptors (Lipinski definition) is 4. The van der Waals surface area contributed by atoms with E-state index >= 15 is 0 Å². The topological polar surface area (TPSA) is 77.6 Å². The second-order valence-corrected chi connectivity index (χ2v) is 7.77. The van der Waals surface area contributed by atoms with E-state index in [-0.39, 0.29) is 11.9 Å². The molecule has 1 aromatic carbocycles. The summed E-state index contributed by atoms with van der Waals surface area (Å²) in [7, 11) is 1.90. The molecule has 7 nitrogen and oxygen atoms in total. The molecule has 1 amide bonds. The summed E-state index contributed by atoms with van der Waals surface area (Å²) in [5.74, 6) is -0.126. The van der Waals surface area contributed by atoms with Gasteiger partial charge in [-0.05, 0) is 45.9 Å². The molecule has 4 aromatic rings. The number of nitrogens with one attached hydrogen (secondary N) is 1. The molecule has 0 radical (unpaired) electrons. The van der Waals surface area contributed by atoms with E-state index in [0.29, 0.717) is 12.1 Å². The van der Waals surface area contributed by atoms with Gasteiger partial charge in [0.15, 0.2) is 0 Å². The molecule has 0 aliphatic rings. The Labute approximate surface area is 175 Å². The molecule has 3 aromatic heterocycles. The Morgan fingerprint density at radius 3 is 2.60 bits per heavy atom. The monoisotopic (exact) mass is 402 g/mol. The molecule has 7 heteroatoms. The summed E-state index contributed by atoms with van der Waals surface area (Å²) in [4.78, 5) is 18.0. The van der Waals surface area contributed by atoms with E-state index in [1.54, 1.807) is 6.20 Å². The molecular weight excluding hydrogens is 376 g/mol. The summed E-state index contributed by atoms with van der Waals surface area (Å²) in [6, 6.07) is 11.5. The number of nitrogens with zero attached hydrogens (tertiary/aromatic N) is 5. The van der Waals surface area contributed by atoms with Crippen LogP contribution in [0.1, 0.15) is 51.7 Å². The molecule has 4 rings (SSSR count). The maximum atomic E-state index is 13.2. The molecule has 0 fully saturated rings. The highest BCUT2D eigenvalue weighted by molar-refractivity contribution is 6.06. The Kier molecular flexibility index (Phi) is 5.11. The lowest BCUT2D eigenvalue weighted by molar-refractivity contribution is 0.0941. The van der Waals surface area contributed by atoms with Crippen molar-refractivity contribution < 1.29 is 4.79 Å². The van der Waals surface area contributed by atoms with Gasteiger partial charge in [-0.15, -0.1) is 0 Å². The van der Waals surface area contributed by atoms with Crippen LogP contribution in [0.4, 0.5) is 0 Å². The summed E-state index contributed by atoms with van der Waals surface area (Å²) in [6.45, 7) is 8.48. The van der Waals surface area contributed by atoms with Crippen molar-refractivity contribution >= 4 is 16.8 Å². The van der Waals surface area contributed by atoms with Crippen LogP contribution in [0.5, 0.6) is 0 Å². The summed E-state index contributed by atoms with van der Waals surface area (Å²) < 4.78 is 3.72. The lowest BCUT2D eigenvalue weighted by Gasteiger charge is -2.16. The van der Waals surface area contributed by atoms with Gasteiger partial charge in [0.1, 0.15) is 0 Å². The van der Waals surface area contributed by atoms with E-state index < -0.39 is 0 Å². The third-order valence-corrected chi connectivity index (χ3v) is 5.52. The molecule has 0 aliphatic heterocycles. The van der Waals surface area contributed by atoms with Gasteiger partial charge in [-0.3, -0.25) is 19.1 Å². The van der Waals surface area contributed by atoms with E-state index in [1.807, 2.05) is 80.5 Å². The first-order chi connectivity index (χ1) is 14.3. The maximum absolute atomic E-state index is 13.2. The van der Waals surface area contributed by atoms with Crippen molar-refractivity contribution in [1.29, 1.82) is 0 Å². The van der Waals surface area contributed by atoms with Gasteiger partial charge >= 0.3 is 0 Å². The molecule has 0 saturated carbocycles. The maximum Gasteiger partial charge on any atom is 0.252 e. The first-order valence-corrected chi connectivity index (χ1v) is 10.0. The van der Waals surface area contributed by atoms with Gasteiger partial charge in [-0.1, -0.05) is 18.2 Å². The largest absolute Gasteiger partial charge is 0.345 e. The highest BCUT2D eigenvalue weighted by Gasteiger charge is 2.19. The minimum absolute atomic E-state index is 0.126. The van der Waals surface area contributed by atoms with Crippen molar-refractivity contribution in [1.82, 2.24) is 29.9 Å². The molecule has 154 valence electrons. The number of aromatic nitrogens is 5. The molecule has 1 atom stereocenters. The van der Waals surface area contributed by atoms with E-state index in [2.05, 4.69) is 15.5 Å². The summed E-state index contributed by atoms with van der Waals surface area (Å²) in [5, 5.41) is 12.8. The summed E-state index contributed by atoms with van der Waals surface area (Å²) in [5.41, 5.74) is 6.29. The molecular formula is C23H26N6O. The molecule has 0 saturated heterocycles. The zero-order valence-electron chi connectivity index (χ0n) is 18.0. The van der Waals surface area contributed by atoms with Crippen molar-refractivity contribution in [3.05, 3.63) is 76.5 Å². The number of aryl methyl sites for hydroxylation is 3. The smallest absolute Gasteiger partial charge is 0.252 e. The third kappa shape index (κ3) is 3.70. The first-order valence-electron chi connectivity index (χ1n) is 10.0. The average molecular weight is 403 g/mol. The predicted octanol–water partition coefficient (Wildman–Crippen LogP) is 3.63. The van der Waals surface area contributed by atoms with Gasteiger partial charge in [0.05, 0.1) is 41.3 Å². The van der Waals surface area contributed by atoms with Crippen LogP contribution in [0.15, 0.2) is 42.6 Å². The average Bonchev–Trinajstić information content (AvgIpc) is 3.21. The van der Waals surface area contributed by atoms with E-state index in [9.17, 15) is 4.79 Å². The normalized spacial score (nSPS) is 12.3. The van der Waals surface area contributed by atoms with Gasteiger partial charge < -0.3 is 5.32 Å². The Balaban J connectivity index is 1.69. The highest BCUT2D eigenvalue weighted by atomic mass is 16.1. The SMILES string of the molecule is Cc1cc(C)n(Cc2cc(C(=O)NC(C)c3cnn(C)c3C)c3ccccc3n2)n1. The van der Waals surface area contributed by atoms with Crippen molar-refractivity contribution in [3.8, 4) is 0 Å². The molecule has 0 aliphatic carbocycles. The standard InChI is InChI=1S/C23H26N6O/c1-14-10-15(2)29(27-14)13-18-11-20(19-8-6-7-9-22(19)26-18)23(30)25-16(3)21-12-24-28(5)17(21)4/h6-12,16H,13H2,1-5H3,(H,25,30). The molecule has 30 heavy (non-hydrogen) atoms. The van der Waals surface area contributed by atoms with Crippen molar-refractivity contribution in [2.45, 2.75) is 40.3 Å². The molecule has 0 spiro atoms. The van der Waals surface area contributed by atoms with Crippen LogP contribution in [-0.4, -0.2) is 30.5 Å². The zero-order chi connectivity index (χ0) is 21.4. The third-order valence-electron chi connectivity index (χ3n) is 5.52. The quantitative estimate of drug-likeness (QED) is 0.553. The summed E-state index contributed by atoms with van der Waals surface area (Å²) >= 11 is 0. The summed E-state index contributed by atoms with van der Waals surface area (Å²) in [6.07, 6.45) is 1.80. The fourth-order valence-corrected chi connectivity index (χ4v) is 3.78. The fraction of sp³-hybridized carbons (Fsp3) is 0.304. The van der Waals surface area contributed by atoms with Crippen LogP contribution < -0.4 is 5.32 Å². The molecule has 1 N–H and O–H groups in total. The van der Waals surface area contributed by atoms with Crippen LogP contribution in [0.3, 0.4) is 0 Å². The minimum Gasteiger partial charge on any atom is -0.345 e. The van der Waals surface area contributed by atoms with Gasteiger partial charge in [0.25, 0.3) is 5.91 Å². The lowest BCUT2D eigenvalue weighted by Crippen LogP contribution is -2.27. The van der Waals surface area contributed by atoms with Crippen molar-refractivity contribution in [2.24, 2.45) is 7.05 Å². The molecule has 0 bridgehead atoms.